The third-order valence-corrected chi connectivity index (χ3v) is 5.95. The zero-order chi connectivity index (χ0) is 21.8. The van der Waals surface area contributed by atoms with Gasteiger partial charge in [0.2, 0.25) is 0 Å². The molecule has 1 aliphatic heterocycles. The highest BCUT2D eigenvalue weighted by molar-refractivity contribution is 6.07. The quantitative estimate of drug-likeness (QED) is 0.396. The van der Waals surface area contributed by atoms with Crippen molar-refractivity contribution < 1.29 is 24.4 Å². The fourth-order valence-electron chi connectivity index (χ4n) is 4.46. The predicted octanol–water partition coefficient (Wildman–Crippen LogP) is 0.320. The Bertz CT molecular complexity index is 1110. The van der Waals surface area contributed by atoms with Crippen LogP contribution in [-0.2, 0) is 11.3 Å². The number of esters is 1. The molecule has 0 atom stereocenters. The van der Waals surface area contributed by atoms with Crippen LogP contribution < -0.4 is 9.80 Å². The summed E-state index contributed by atoms with van der Waals surface area (Å²) in [5.41, 5.74) is 3.26. The van der Waals surface area contributed by atoms with Crippen LogP contribution in [0, 0.1) is 11.3 Å². The molecular weight excluding hydrogens is 392 g/mol. The molecule has 0 amide bonds. The second-order valence-corrected chi connectivity index (χ2v) is 7.93. The fraction of sp³-hybridized carbons (Fsp3) is 0.333. The van der Waals surface area contributed by atoms with E-state index >= 15 is 0 Å². The summed E-state index contributed by atoms with van der Waals surface area (Å²) in [6.45, 7) is 7.02. The largest absolute Gasteiger partial charge is 0.508 e. The molecule has 0 spiro atoms. The number of benzene rings is 2. The van der Waals surface area contributed by atoms with Gasteiger partial charge in [-0.2, -0.15) is 5.26 Å². The van der Waals surface area contributed by atoms with Crippen LogP contribution in [-0.4, -0.2) is 55.0 Å². The van der Waals surface area contributed by atoms with Crippen molar-refractivity contribution in [2.24, 2.45) is 0 Å². The molecule has 1 fully saturated rings. The summed E-state index contributed by atoms with van der Waals surface area (Å²) in [7, 11) is 0. The van der Waals surface area contributed by atoms with Crippen LogP contribution in [0.1, 0.15) is 23.0 Å². The van der Waals surface area contributed by atoms with Gasteiger partial charge in [0.25, 0.3) is 0 Å². The molecule has 0 unspecified atom stereocenters. The molecule has 4 rings (SSSR count). The van der Waals surface area contributed by atoms with E-state index < -0.39 is 0 Å². The number of aromatic nitrogens is 1. The number of ether oxygens (including phenoxy) is 1. The number of hydrogen-bond acceptors (Lipinski definition) is 4. The van der Waals surface area contributed by atoms with Crippen LogP contribution in [0.25, 0.3) is 16.6 Å². The van der Waals surface area contributed by atoms with Crippen LogP contribution in [0.3, 0.4) is 0 Å². The first-order valence-electron chi connectivity index (χ1n) is 10.7. The maximum Gasteiger partial charge on any atom is 0.340 e. The van der Waals surface area contributed by atoms with Crippen molar-refractivity contribution in [2.75, 3.05) is 39.3 Å². The molecule has 160 valence electrons. The number of phenolic OH excluding ortho intramolecular Hbond substituents is 1. The number of carbonyl (C=O) groups is 1. The first-order valence-corrected chi connectivity index (χ1v) is 10.7. The third-order valence-electron chi connectivity index (χ3n) is 5.95. The van der Waals surface area contributed by atoms with Crippen LogP contribution in [0.4, 0.5) is 0 Å². The monoisotopic (exact) mass is 420 g/mol. The van der Waals surface area contributed by atoms with Crippen LogP contribution in [0.5, 0.6) is 5.75 Å². The molecule has 7 heteroatoms. The Labute approximate surface area is 181 Å². The Morgan fingerprint density at radius 2 is 1.84 bits per heavy atom. The van der Waals surface area contributed by atoms with Crippen molar-refractivity contribution in [3.8, 4) is 17.5 Å². The number of piperazine rings is 1. The van der Waals surface area contributed by atoms with E-state index in [9.17, 15) is 9.90 Å². The number of nitriles is 1. The molecule has 7 nitrogen and oxygen atoms in total. The van der Waals surface area contributed by atoms with E-state index in [4.69, 9.17) is 10.00 Å². The lowest BCUT2D eigenvalue weighted by molar-refractivity contribution is -1.02. The van der Waals surface area contributed by atoms with Crippen molar-refractivity contribution in [3.05, 3.63) is 59.8 Å². The van der Waals surface area contributed by atoms with Gasteiger partial charge in [-0.15, -0.1) is 0 Å². The predicted molar refractivity (Wildman–Crippen MR) is 116 cm³/mol. The highest BCUT2D eigenvalue weighted by Crippen LogP contribution is 2.32. The summed E-state index contributed by atoms with van der Waals surface area (Å²) in [6.07, 6.45) is 0. The molecule has 0 aliphatic carbocycles. The van der Waals surface area contributed by atoms with Gasteiger partial charge < -0.3 is 24.2 Å². The Hall–Kier alpha value is -3.34. The minimum absolute atomic E-state index is 0.121. The van der Waals surface area contributed by atoms with Gasteiger partial charge in [0.05, 0.1) is 23.4 Å². The molecule has 2 heterocycles. The minimum atomic E-state index is -0.365. The SMILES string of the molecule is CCOC(=O)c1c(C[NH+]2CC[NH+](CC#N)CC2)n(-c2ccccc2)c2ccc(O)cc12. The zero-order valence-corrected chi connectivity index (χ0v) is 17.7. The maximum atomic E-state index is 13.0. The number of para-hydroxylation sites is 1. The second-order valence-electron chi connectivity index (χ2n) is 7.93. The van der Waals surface area contributed by atoms with E-state index in [0.717, 1.165) is 43.1 Å². The van der Waals surface area contributed by atoms with Gasteiger partial charge in [-0.3, -0.25) is 0 Å². The minimum Gasteiger partial charge on any atom is -0.508 e. The summed E-state index contributed by atoms with van der Waals surface area (Å²) in [6, 6.07) is 17.4. The fourth-order valence-corrected chi connectivity index (χ4v) is 4.46. The first kappa shape index (κ1) is 20.9. The summed E-state index contributed by atoms with van der Waals surface area (Å²) in [5, 5.41) is 19.8. The van der Waals surface area contributed by atoms with Gasteiger partial charge >= 0.3 is 5.97 Å². The van der Waals surface area contributed by atoms with Gasteiger partial charge in [-0.25, -0.2) is 4.79 Å². The Kier molecular flexibility index (Phi) is 6.21. The van der Waals surface area contributed by atoms with Crippen molar-refractivity contribution in [3.63, 3.8) is 0 Å². The maximum absolute atomic E-state index is 13.0. The number of fused-ring (bicyclic) bond motifs is 1. The second kappa shape index (κ2) is 9.21. The number of nitrogens with zero attached hydrogens (tertiary/aromatic N) is 2. The summed E-state index contributed by atoms with van der Waals surface area (Å²) in [4.78, 5) is 15.7. The highest BCUT2D eigenvalue weighted by Gasteiger charge is 2.30. The van der Waals surface area contributed by atoms with Crippen molar-refractivity contribution >= 4 is 16.9 Å². The summed E-state index contributed by atoms with van der Waals surface area (Å²) >= 11 is 0. The van der Waals surface area contributed by atoms with E-state index in [0.29, 0.717) is 24.0 Å². The number of quaternary nitrogens is 2. The van der Waals surface area contributed by atoms with E-state index in [2.05, 4.69) is 10.6 Å². The van der Waals surface area contributed by atoms with Gasteiger partial charge in [0.1, 0.15) is 44.5 Å². The van der Waals surface area contributed by atoms with E-state index in [-0.39, 0.29) is 18.3 Å². The topological polar surface area (TPSA) is 84.1 Å². The number of phenols is 1. The molecule has 31 heavy (non-hydrogen) atoms. The van der Waals surface area contributed by atoms with Crippen LogP contribution in [0.15, 0.2) is 48.5 Å². The number of rotatable bonds is 6. The smallest absolute Gasteiger partial charge is 0.340 e. The van der Waals surface area contributed by atoms with E-state index in [1.807, 2.05) is 36.4 Å². The van der Waals surface area contributed by atoms with Crippen LogP contribution >= 0.6 is 0 Å². The Balaban J connectivity index is 1.82. The molecule has 2 aromatic carbocycles. The van der Waals surface area contributed by atoms with Crippen molar-refractivity contribution in [1.82, 2.24) is 4.57 Å². The molecule has 0 bridgehead atoms. The molecule has 1 saturated heterocycles. The average molecular weight is 421 g/mol. The number of carbonyl (C=O) groups excluding carboxylic acids is 1. The third kappa shape index (κ3) is 4.26. The molecular formula is C24H28N4O3+2. The summed E-state index contributed by atoms with van der Waals surface area (Å²) < 4.78 is 7.53. The Morgan fingerprint density at radius 3 is 2.52 bits per heavy atom. The zero-order valence-electron chi connectivity index (χ0n) is 17.7. The van der Waals surface area contributed by atoms with Gasteiger partial charge in [-0.05, 0) is 37.3 Å². The van der Waals surface area contributed by atoms with Gasteiger partial charge in [-0.1, -0.05) is 18.2 Å². The Morgan fingerprint density at radius 1 is 1.13 bits per heavy atom. The number of nitrogens with one attached hydrogen (secondary N) is 2. The average Bonchev–Trinajstić information content (AvgIpc) is 3.09. The molecule has 0 saturated carbocycles. The lowest BCUT2D eigenvalue weighted by Crippen LogP contribution is -3.27. The molecule has 0 radical (unpaired) electrons. The normalized spacial score (nSPS) is 18.6. The number of hydrogen-bond donors (Lipinski definition) is 3. The van der Waals surface area contributed by atoms with Gasteiger partial charge in [0, 0.05) is 11.1 Å². The molecule has 1 aliphatic rings. The molecule has 1 aromatic heterocycles. The molecule has 3 aromatic rings. The molecule has 3 N–H and O–H groups in total. The summed E-state index contributed by atoms with van der Waals surface area (Å²) in [5.74, 6) is -0.244. The van der Waals surface area contributed by atoms with Crippen molar-refractivity contribution in [2.45, 2.75) is 13.5 Å². The number of aromatic hydroxyl groups is 1. The van der Waals surface area contributed by atoms with Gasteiger partial charge in [0.15, 0.2) is 6.54 Å². The van der Waals surface area contributed by atoms with E-state index in [1.165, 1.54) is 9.80 Å². The van der Waals surface area contributed by atoms with Crippen molar-refractivity contribution in [1.29, 1.82) is 5.26 Å². The van der Waals surface area contributed by atoms with E-state index in [1.54, 1.807) is 19.1 Å². The standard InChI is InChI=1S/C24H26N4O3/c1-2-31-24(30)23-20-16-19(29)8-9-21(20)28(18-6-4-3-5-7-18)22(23)17-27-14-12-26(11-10-25)13-15-27/h3-9,16,29H,2,11-15,17H2,1H3/p+2. The first-order chi connectivity index (χ1) is 15.1. The lowest BCUT2D eigenvalue weighted by atomic mass is 10.1. The lowest BCUT2D eigenvalue weighted by Gasteiger charge is -2.28. The highest BCUT2D eigenvalue weighted by atomic mass is 16.5. The van der Waals surface area contributed by atoms with Crippen LogP contribution in [0.2, 0.25) is 0 Å².